The SMILES string of the molecule is C=CC(=O)SC=CC(=O)NCCCCCCCC. The van der Waals surface area contributed by atoms with Gasteiger partial charge in [0, 0.05) is 12.6 Å². The van der Waals surface area contributed by atoms with E-state index in [0.29, 0.717) is 6.54 Å². The fraction of sp³-hybridized carbons (Fsp3) is 0.571. The van der Waals surface area contributed by atoms with Gasteiger partial charge >= 0.3 is 0 Å². The third-order valence-corrected chi connectivity index (χ3v) is 3.07. The molecule has 0 spiro atoms. The van der Waals surface area contributed by atoms with Crippen LogP contribution in [-0.4, -0.2) is 17.6 Å². The Bertz CT molecular complexity index is 288. The van der Waals surface area contributed by atoms with E-state index in [4.69, 9.17) is 0 Å². The summed E-state index contributed by atoms with van der Waals surface area (Å²) >= 11 is 0.959. The van der Waals surface area contributed by atoms with E-state index < -0.39 is 0 Å². The van der Waals surface area contributed by atoms with Gasteiger partial charge in [0.05, 0.1) is 0 Å². The molecule has 0 atom stereocenters. The molecule has 0 aliphatic heterocycles. The van der Waals surface area contributed by atoms with Crippen LogP contribution in [0.2, 0.25) is 0 Å². The van der Waals surface area contributed by atoms with Crippen molar-refractivity contribution in [2.24, 2.45) is 0 Å². The maximum Gasteiger partial charge on any atom is 0.244 e. The molecular formula is C14H23NO2S. The Morgan fingerprint density at radius 1 is 1.17 bits per heavy atom. The molecule has 0 bridgehead atoms. The van der Waals surface area contributed by atoms with Crippen molar-refractivity contribution in [3.05, 3.63) is 24.1 Å². The van der Waals surface area contributed by atoms with Gasteiger partial charge in [0.2, 0.25) is 11.0 Å². The lowest BCUT2D eigenvalue weighted by molar-refractivity contribution is -0.116. The summed E-state index contributed by atoms with van der Waals surface area (Å²) in [5.74, 6) is -0.145. The van der Waals surface area contributed by atoms with Crippen molar-refractivity contribution < 1.29 is 9.59 Å². The highest BCUT2D eigenvalue weighted by atomic mass is 32.2. The number of carbonyl (C=O) groups excluding carboxylic acids is 2. The summed E-state index contributed by atoms with van der Waals surface area (Å²) in [6.07, 6.45) is 9.85. The monoisotopic (exact) mass is 269 g/mol. The zero-order chi connectivity index (χ0) is 13.6. The van der Waals surface area contributed by atoms with Crippen LogP contribution in [0, 0.1) is 0 Å². The van der Waals surface area contributed by atoms with E-state index in [9.17, 15) is 9.59 Å². The van der Waals surface area contributed by atoms with Crippen LogP contribution < -0.4 is 5.32 Å². The summed E-state index contributed by atoms with van der Waals surface area (Å²) in [6, 6.07) is 0. The summed E-state index contributed by atoms with van der Waals surface area (Å²) < 4.78 is 0. The van der Waals surface area contributed by atoms with Crippen molar-refractivity contribution in [3.8, 4) is 0 Å². The molecule has 3 nitrogen and oxygen atoms in total. The molecular weight excluding hydrogens is 246 g/mol. The van der Waals surface area contributed by atoms with Crippen LogP contribution >= 0.6 is 11.8 Å². The molecule has 0 saturated carbocycles. The van der Waals surface area contributed by atoms with Gasteiger partial charge in [-0.1, -0.05) is 57.4 Å². The predicted molar refractivity (Wildman–Crippen MR) is 78.3 cm³/mol. The number of amides is 1. The molecule has 102 valence electrons. The van der Waals surface area contributed by atoms with Gasteiger partial charge in [-0.05, 0) is 17.9 Å². The molecule has 0 radical (unpaired) electrons. The van der Waals surface area contributed by atoms with Crippen molar-refractivity contribution in [1.82, 2.24) is 5.32 Å². The maximum atomic E-state index is 11.3. The quantitative estimate of drug-likeness (QED) is 0.488. The van der Waals surface area contributed by atoms with Gasteiger partial charge < -0.3 is 5.32 Å². The van der Waals surface area contributed by atoms with Crippen molar-refractivity contribution in [2.75, 3.05) is 6.54 Å². The zero-order valence-corrected chi connectivity index (χ0v) is 11.9. The third-order valence-electron chi connectivity index (χ3n) is 2.40. The lowest BCUT2D eigenvalue weighted by Crippen LogP contribution is -2.21. The number of unbranched alkanes of at least 4 members (excludes halogenated alkanes) is 5. The van der Waals surface area contributed by atoms with Gasteiger partial charge in [0.15, 0.2) is 0 Å². The van der Waals surface area contributed by atoms with E-state index in [2.05, 4.69) is 18.8 Å². The standard InChI is InChI=1S/C14H23NO2S/c1-3-5-6-7-8-9-11-15-13(16)10-12-18-14(17)4-2/h4,10,12H,2-3,5-9,11H2,1H3,(H,15,16). The van der Waals surface area contributed by atoms with Crippen LogP contribution in [0.1, 0.15) is 45.4 Å². The van der Waals surface area contributed by atoms with E-state index in [1.807, 2.05) is 0 Å². The van der Waals surface area contributed by atoms with Gasteiger partial charge in [-0.2, -0.15) is 0 Å². The molecule has 4 heteroatoms. The number of thioether (sulfide) groups is 1. The smallest absolute Gasteiger partial charge is 0.244 e. The van der Waals surface area contributed by atoms with Crippen molar-refractivity contribution in [2.45, 2.75) is 45.4 Å². The molecule has 18 heavy (non-hydrogen) atoms. The van der Waals surface area contributed by atoms with E-state index in [1.54, 1.807) is 0 Å². The molecule has 0 unspecified atom stereocenters. The summed E-state index contributed by atoms with van der Waals surface area (Å²) in [5.41, 5.74) is 0. The molecule has 0 saturated heterocycles. The van der Waals surface area contributed by atoms with Crippen LogP contribution in [0.4, 0.5) is 0 Å². The summed E-state index contributed by atoms with van der Waals surface area (Å²) in [5, 5.41) is 4.12. The predicted octanol–water partition coefficient (Wildman–Crippen LogP) is 3.42. The van der Waals surface area contributed by atoms with Gasteiger partial charge in [-0.3, -0.25) is 9.59 Å². The molecule has 0 aromatic carbocycles. The number of nitrogens with one attached hydrogen (secondary N) is 1. The second kappa shape index (κ2) is 12.4. The molecule has 0 fully saturated rings. The lowest BCUT2D eigenvalue weighted by Gasteiger charge is -2.02. The fourth-order valence-corrected chi connectivity index (χ4v) is 1.81. The number of hydrogen-bond donors (Lipinski definition) is 1. The Labute approximate surface area is 114 Å². The Morgan fingerprint density at radius 3 is 2.50 bits per heavy atom. The fourth-order valence-electron chi connectivity index (χ4n) is 1.39. The first-order valence-corrected chi connectivity index (χ1v) is 7.36. The van der Waals surface area contributed by atoms with Gasteiger partial charge in [0.25, 0.3) is 0 Å². The summed E-state index contributed by atoms with van der Waals surface area (Å²) in [4.78, 5) is 22.1. The van der Waals surface area contributed by atoms with Crippen LogP contribution in [0.15, 0.2) is 24.1 Å². The minimum Gasteiger partial charge on any atom is -0.353 e. The molecule has 0 aromatic heterocycles. The molecule has 0 rings (SSSR count). The Balaban J connectivity index is 3.42. The van der Waals surface area contributed by atoms with Gasteiger partial charge in [-0.15, -0.1) is 0 Å². The number of hydrogen-bond acceptors (Lipinski definition) is 3. The Morgan fingerprint density at radius 2 is 1.83 bits per heavy atom. The summed E-state index contributed by atoms with van der Waals surface area (Å²) in [6.45, 7) is 6.24. The van der Waals surface area contributed by atoms with Crippen LogP contribution in [0.3, 0.4) is 0 Å². The molecule has 0 heterocycles. The van der Waals surface area contributed by atoms with Crippen LogP contribution in [0.25, 0.3) is 0 Å². The minimum absolute atomic E-state index is 0.145. The second-order valence-corrected chi connectivity index (χ2v) is 4.91. The number of rotatable bonds is 10. The van der Waals surface area contributed by atoms with Gasteiger partial charge in [-0.25, -0.2) is 0 Å². The van der Waals surface area contributed by atoms with Crippen molar-refractivity contribution >= 4 is 22.8 Å². The van der Waals surface area contributed by atoms with Crippen LogP contribution in [0.5, 0.6) is 0 Å². The number of carbonyl (C=O) groups is 2. The largest absolute Gasteiger partial charge is 0.353 e. The average molecular weight is 269 g/mol. The van der Waals surface area contributed by atoms with Crippen molar-refractivity contribution in [3.63, 3.8) is 0 Å². The highest BCUT2D eigenvalue weighted by molar-refractivity contribution is 8.16. The van der Waals surface area contributed by atoms with E-state index in [-0.39, 0.29) is 11.0 Å². The van der Waals surface area contributed by atoms with E-state index in [1.165, 1.54) is 43.2 Å². The van der Waals surface area contributed by atoms with E-state index in [0.717, 1.165) is 24.6 Å². The average Bonchev–Trinajstić information content (AvgIpc) is 2.37. The lowest BCUT2D eigenvalue weighted by atomic mass is 10.1. The first kappa shape index (κ1) is 17.0. The summed E-state index contributed by atoms with van der Waals surface area (Å²) in [7, 11) is 0. The second-order valence-electron chi connectivity index (χ2n) is 4.00. The molecule has 1 amide bonds. The minimum atomic E-state index is -0.157. The van der Waals surface area contributed by atoms with Crippen molar-refractivity contribution in [1.29, 1.82) is 0 Å². The maximum absolute atomic E-state index is 11.3. The normalized spacial score (nSPS) is 10.5. The Kier molecular flexibility index (Phi) is 11.7. The Hall–Kier alpha value is -1.03. The first-order valence-electron chi connectivity index (χ1n) is 6.48. The highest BCUT2D eigenvalue weighted by Gasteiger charge is 1.96. The molecule has 0 aliphatic carbocycles. The zero-order valence-electron chi connectivity index (χ0n) is 11.1. The molecule has 1 N–H and O–H groups in total. The molecule has 0 aromatic rings. The first-order chi connectivity index (χ1) is 8.70. The third kappa shape index (κ3) is 11.5. The highest BCUT2D eigenvalue weighted by Crippen LogP contribution is 2.05. The molecule has 0 aliphatic rings. The topological polar surface area (TPSA) is 46.2 Å². The van der Waals surface area contributed by atoms with Gasteiger partial charge in [0.1, 0.15) is 0 Å². The van der Waals surface area contributed by atoms with E-state index >= 15 is 0 Å². The van der Waals surface area contributed by atoms with Crippen LogP contribution in [-0.2, 0) is 9.59 Å².